The van der Waals surface area contributed by atoms with Gasteiger partial charge in [0, 0.05) is 10.9 Å². The van der Waals surface area contributed by atoms with E-state index in [0.717, 1.165) is 5.56 Å². The highest BCUT2D eigenvalue weighted by atomic mass is 32.1. The first kappa shape index (κ1) is 19.4. The van der Waals surface area contributed by atoms with Gasteiger partial charge in [-0.1, -0.05) is 30.3 Å². The maximum atomic E-state index is 12.6. The minimum Gasteiger partial charge on any atom is -0.493 e. The topological polar surface area (TPSA) is 104 Å². The van der Waals surface area contributed by atoms with Crippen molar-refractivity contribution in [2.75, 3.05) is 14.2 Å². The first-order valence-corrected chi connectivity index (χ1v) is 9.24. The van der Waals surface area contributed by atoms with Gasteiger partial charge in [-0.25, -0.2) is 4.98 Å². The van der Waals surface area contributed by atoms with E-state index < -0.39 is 17.9 Å². The number of hydrogen-bond acceptors (Lipinski definition) is 6. The maximum absolute atomic E-state index is 12.6. The molecule has 0 radical (unpaired) electrons. The first-order valence-electron chi connectivity index (χ1n) is 8.36. The van der Waals surface area contributed by atoms with Crippen molar-refractivity contribution in [3.63, 3.8) is 0 Å². The highest BCUT2D eigenvalue weighted by Crippen LogP contribution is 2.33. The number of benzene rings is 2. The molecule has 144 valence electrons. The molecule has 0 saturated carbocycles. The molecule has 0 aliphatic heterocycles. The summed E-state index contributed by atoms with van der Waals surface area (Å²) in [6, 6.07) is 13.3. The lowest BCUT2D eigenvalue weighted by Gasteiger charge is -2.15. The number of rotatable bonds is 7. The van der Waals surface area contributed by atoms with E-state index in [2.05, 4.69) is 10.3 Å². The van der Waals surface area contributed by atoms with Crippen molar-refractivity contribution < 1.29 is 19.1 Å². The Morgan fingerprint density at radius 1 is 1.07 bits per heavy atom. The fourth-order valence-electron chi connectivity index (χ4n) is 2.65. The van der Waals surface area contributed by atoms with E-state index in [1.54, 1.807) is 56.0 Å². The van der Waals surface area contributed by atoms with Crippen LogP contribution in [-0.4, -0.2) is 31.0 Å². The van der Waals surface area contributed by atoms with E-state index in [4.69, 9.17) is 15.2 Å². The fourth-order valence-corrected chi connectivity index (χ4v) is 3.45. The molecule has 3 rings (SSSR count). The molecule has 2 aromatic carbocycles. The quantitative estimate of drug-likeness (QED) is 0.638. The van der Waals surface area contributed by atoms with Crippen molar-refractivity contribution in [1.82, 2.24) is 10.3 Å². The minimum absolute atomic E-state index is 0.206. The molecule has 8 heteroatoms. The highest BCUT2D eigenvalue weighted by molar-refractivity contribution is 7.13. The Hall–Kier alpha value is -3.39. The van der Waals surface area contributed by atoms with E-state index in [9.17, 15) is 9.59 Å². The van der Waals surface area contributed by atoms with Crippen molar-refractivity contribution in [3.05, 3.63) is 65.2 Å². The summed E-state index contributed by atoms with van der Waals surface area (Å²) in [6.45, 7) is 0. The monoisotopic (exact) mass is 397 g/mol. The molecule has 0 unspecified atom stereocenters. The molecule has 0 spiro atoms. The summed E-state index contributed by atoms with van der Waals surface area (Å²) in [5.74, 6) is 0.0533. The zero-order chi connectivity index (χ0) is 20.1. The van der Waals surface area contributed by atoms with E-state index >= 15 is 0 Å². The third-order valence-corrected chi connectivity index (χ3v) is 4.95. The van der Waals surface area contributed by atoms with E-state index in [0.29, 0.717) is 22.1 Å². The predicted molar refractivity (Wildman–Crippen MR) is 106 cm³/mol. The molecule has 0 bridgehead atoms. The Balaban J connectivity index is 1.81. The first-order chi connectivity index (χ1) is 13.5. The Morgan fingerprint density at radius 2 is 1.79 bits per heavy atom. The molecule has 3 aromatic rings. The smallest absolute Gasteiger partial charge is 0.271 e. The third-order valence-electron chi connectivity index (χ3n) is 4.06. The lowest BCUT2D eigenvalue weighted by Crippen LogP contribution is -2.37. The van der Waals surface area contributed by atoms with Crippen LogP contribution in [0.5, 0.6) is 11.5 Å². The largest absolute Gasteiger partial charge is 0.493 e. The molecule has 0 fully saturated rings. The molecule has 0 saturated heterocycles. The SMILES string of the molecule is COc1ccc(-c2nc(C(=O)N[C@H](C(N)=O)c3ccccc3)cs2)cc1OC. The van der Waals surface area contributed by atoms with Gasteiger partial charge in [0.15, 0.2) is 11.5 Å². The van der Waals surface area contributed by atoms with Gasteiger partial charge in [-0.3, -0.25) is 9.59 Å². The Labute approximate surface area is 166 Å². The van der Waals surface area contributed by atoms with E-state index in [1.165, 1.54) is 11.3 Å². The second kappa shape index (κ2) is 8.53. The van der Waals surface area contributed by atoms with Gasteiger partial charge in [-0.2, -0.15) is 0 Å². The maximum Gasteiger partial charge on any atom is 0.271 e. The summed E-state index contributed by atoms with van der Waals surface area (Å²) in [7, 11) is 3.11. The van der Waals surface area contributed by atoms with Crippen LogP contribution >= 0.6 is 11.3 Å². The van der Waals surface area contributed by atoms with Gasteiger partial charge >= 0.3 is 0 Å². The molecule has 0 aliphatic carbocycles. The lowest BCUT2D eigenvalue weighted by atomic mass is 10.1. The van der Waals surface area contributed by atoms with Crippen LogP contribution in [0.2, 0.25) is 0 Å². The van der Waals surface area contributed by atoms with Gasteiger partial charge in [-0.05, 0) is 23.8 Å². The van der Waals surface area contributed by atoms with E-state index in [-0.39, 0.29) is 5.69 Å². The molecule has 1 atom stereocenters. The summed E-state index contributed by atoms with van der Waals surface area (Å²) in [5.41, 5.74) is 7.06. The lowest BCUT2D eigenvalue weighted by molar-refractivity contribution is -0.120. The van der Waals surface area contributed by atoms with Crippen LogP contribution in [0.15, 0.2) is 53.9 Å². The average Bonchev–Trinajstić information content (AvgIpc) is 3.22. The molecule has 28 heavy (non-hydrogen) atoms. The van der Waals surface area contributed by atoms with Crippen LogP contribution < -0.4 is 20.5 Å². The standard InChI is InChI=1S/C20H19N3O4S/c1-26-15-9-8-13(10-16(15)27-2)20-22-14(11-28-20)19(25)23-17(18(21)24)12-6-4-3-5-7-12/h3-11,17H,1-2H3,(H2,21,24)(H,23,25)/t17-/m0/s1. The van der Waals surface area contributed by atoms with Crippen LogP contribution in [0, 0.1) is 0 Å². The van der Waals surface area contributed by atoms with Crippen molar-refractivity contribution >= 4 is 23.2 Å². The Kier molecular flexibility index (Phi) is 5.90. The van der Waals surface area contributed by atoms with Crippen molar-refractivity contribution in [2.45, 2.75) is 6.04 Å². The number of hydrogen-bond donors (Lipinski definition) is 2. The number of aromatic nitrogens is 1. The van der Waals surface area contributed by atoms with Gasteiger partial charge in [0.25, 0.3) is 5.91 Å². The van der Waals surface area contributed by atoms with Crippen LogP contribution in [0.1, 0.15) is 22.1 Å². The molecule has 2 amide bonds. The second-order valence-corrected chi connectivity index (χ2v) is 6.69. The zero-order valence-corrected chi connectivity index (χ0v) is 16.2. The average molecular weight is 397 g/mol. The highest BCUT2D eigenvalue weighted by Gasteiger charge is 2.22. The van der Waals surface area contributed by atoms with Crippen LogP contribution in [0.25, 0.3) is 10.6 Å². The van der Waals surface area contributed by atoms with Gasteiger partial charge in [0.2, 0.25) is 5.91 Å². The normalized spacial score (nSPS) is 11.5. The fraction of sp³-hybridized carbons (Fsp3) is 0.150. The van der Waals surface area contributed by atoms with Crippen LogP contribution in [0.4, 0.5) is 0 Å². The van der Waals surface area contributed by atoms with Gasteiger partial charge in [0.05, 0.1) is 14.2 Å². The van der Waals surface area contributed by atoms with Crippen molar-refractivity contribution in [1.29, 1.82) is 0 Å². The molecular weight excluding hydrogens is 378 g/mol. The summed E-state index contributed by atoms with van der Waals surface area (Å²) in [4.78, 5) is 28.7. The minimum atomic E-state index is -0.931. The summed E-state index contributed by atoms with van der Waals surface area (Å²) in [5, 5.41) is 4.91. The number of nitrogens with zero attached hydrogens (tertiary/aromatic N) is 1. The number of carbonyl (C=O) groups excluding carboxylic acids is 2. The predicted octanol–water partition coefficient (Wildman–Crippen LogP) is 2.78. The number of nitrogens with two attached hydrogens (primary N) is 1. The number of methoxy groups -OCH3 is 2. The van der Waals surface area contributed by atoms with Crippen LogP contribution in [-0.2, 0) is 4.79 Å². The van der Waals surface area contributed by atoms with Gasteiger partial charge < -0.3 is 20.5 Å². The Morgan fingerprint density at radius 3 is 2.43 bits per heavy atom. The third kappa shape index (κ3) is 4.12. The van der Waals surface area contributed by atoms with Gasteiger partial charge in [0.1, 0.15) is 16.7 Å². The molecule has 0 aliphatic rings. The second-order valence-electron chi connectivity index (χ2n) is 5.83. The molecule has 3 N–H and O–H groups in total. The van der Waals surface area contributed by atoms with Gasteiger partial charge in [-0.15, -0.1) is 11.3 Å². The van der Waals surface area contributed by atoms with Crippen LogP contribution in [0.3, 0.4) is 0 Å². The summed E-state index contributed by atoms with van der Waals surface area (Å²) < 4.78 is 10.5. The number of amides is 2. The van der Waals surface area contributed by atoms with E-state index in [1.807, 2.05) is 12.1 Å². The number of primary amides is 1. The van der Waals surface area contributed by atoms with Crippen molar-refractivity contribution in [2.24, 2.45) is 5.73 Å². The molecule has 1 heterocycles. The zero-order valence-electron chi connectivity index (χ0n) is 15.3. The number of carbonyl (C=O) groups is 2. The number of nitrogens with one attached hydrogen (secondary N) is 1. The molecule has 7 nitrogen and oxygen atoms in total. The summed E-state index contributed by atoms with van der Waals surface area (Å²) in [6.07, 6.45) is 0. The number of ether oxygens (including phenoxy) is 2. The summed E-state index contributed by atoms with van der Waals surface area (Å²) >= 11 is 1.31. The van der Waals surface area contributed by atoms with Crippen molar-refractivity contribution in [3.8, 4) is 22.1 Å². The molecule has 1 aromatic heterocycles. The molecular formula is C20H19N3O4S. The number of thiazole rings is 1. The Bertz CT molecular complexity index is 988.